The van der Waals surface area contributed by atoms with Crippen molar-refractivity contribution in [2.24, 2.45) is 0 Å². The van der Waals surface area contributed by atoms with Crippen molar-refractivity contribution >= 4 is 11.7 Å². The van der Waals surface area contributed by atoms with E-state index < -0.39 is 0 Å². The van der Waals surface area contributed by atoms with Crippen LogP contribution in [0.2, 0.25) is 0 Å². The number of amides is 1. The second kappa shape index (κ2) is 9.42. The van der Waals surface area contributed by atoms with Crippen molar-refractivity contribution in [1.29, 1.82) is 5.26 Å². The molecule has 0 saturated carbocycles. The Hall–Kier alpha value is -3.53. The summed E-state index contributed by atoms with van der Waals surface area (Å²) in [5.74, 6) is 1.34. The number of piperazine rings is 1. The van der Waals surface area contributed by atoms with E-state index in [1.54, 1.807) is 19.5 Å². The fraction of sp³-hybridized carbons (Fsp3) is 0.286. The number of carbonyl (C=O) groups is 1. The lowest BCUT2D eigenvalue weighted by Gasteiger charge is -2.34. The van der Waals surface area contributed by atoms with Crippen molar-refractivity contribution in [3.8, 4) is 11.8 Å². The summed E-state index contributed by atoms with van der Waals surface area (Å²) >= 11 is 0. The van der Waals surface area contributed by atoms with Crippen LogP contribution in [0.3, 0.4) is 0 Å². The molecule has 0 aliphatic carbocycles. The minimum Gasteiger partial charge on any atom is -0.497 e. The van der Waals surface area contributed by atoms with Gasteiger partial charge in [0.1, 0.15) is 23.2 Å². The van der Waals surface area contributed by atoms with E-state index in [1.807, 2.05) is 53.4 Å². The zero-order chi connectivity index (χ0) is 19.8. The highest BCUT2D eigenvalue weighted by atomic mass is 16.5. The van der Waals surface area contributed by atoms with Crippen LogP contribution in [0.25, 0.3) is 0 Å². The zero-order valence-electron chi connectivity index (χ0n) is 15.8. The molecule has 1 amide bonds. The Morgan fingerprint density at radius 3 is 2.57 bits per heavy atom. The number of nitrogens with one attached hydrogen (secondary N) is 1. The number of rotatable bonds is 6. The molecule has 2 aromatic rings. The number of ether oxygens (including phenoxy) is 1. The number of nitriles is 1. The van der Waals surface area contributed by atoms with Gasteiger partial charge in [0.05, 0.1) is 7.11 Å². The highest BCUT2D eigenvalue weighted by molar-refractivity contribution is 5.97. The van der Waals surface area contributed by atoms with Crippen LogP contribution in [0.4, 0.5) is 5.82 Å². The van der Waals surface area contributed by atoms with Crippen LogP contribution in [0, 0.1) is 11.3 Å². The van der Waals surface area contributed by atoms with E-state index in [0.717, 1.165) is 43.3 Å². The SMILES string of the molecule is COc1ccc(CNC(=O)/C(C#N)=C\N2CCN(c3ccccn3)CC2)cc1. The molecule has 2 heterocycles. The van der Waals surface area contributed by atoms with Gasteiger partial charge in [-0.3, -0.25) is 4.79 Å². The van der Waals surface area contributed by atoms with Gasteiger partial charge in [0.15, 0.2) is 0 Å². The maximum absolute atomic E-state index is 12.4. The normalized spacial score (nSPS) is 14.4. The Kier molecular flexibility index (Phi) is 6.47. The lowest BCUT2D eigenvalue weighted by atomic mass is 10.2. The first-order valence-corrected chi connectivity index (χ1v) is 9.12. The standard InChI is InChI=1S/C21H23N5O2/c1-28-19-7-5-17(6-8-19)15-24-21(27)18(14-22)16-25-10-12-26(13-11-25)20-4-2-3-9-23-20/h2-9,16H,10-13,15H2,1H3,(H,24,27)/b18-16-. The third-order valence-corrected chi connectivity index (χ3v) is 4.58. The van der Waals surface area contributed by atoms with Gasteiger partial charge in [-0.05, 0) is 29.8 Å². The highest BCUT2D eigenvalue weighted by Crippen LogP contribution is 2.14. The molecule has 3 rings (SSSR count). The molecule has 1 aliphatic heterocycles. The summed E-state index contributed by atoms with van der Waals surface area (Å²) in [7, 11) is 1.61. The van der Waals surface area contributed by atoms with E-state index in [1.165, 1.54) is 0 Å². The van der Waals surface area contributed by atoms with Crippen molar-refractivity contribution in [2.45, 2.75) is 6.54 Å². The lowest BCUT2D eigenvalue weighted by Crippen LogP contribution is -2.44. The number of methoxy groups -OCH3 is 1. The smallest absolute Gasteiger partial charge is 0.263 e. The minimum atomic E-state index is -0.370. The number of aromatic nitrogens is 1. The Balaban J connectivity index is 1.53. The number of benzene rings is 1. The predicted octanol–water partition coefficient (Wildman–Crippen LogP) is 1.94. The molecule has 28 heavy (non-hydrogen) atoms. The molecule has 1 N–H and O–H groups in total. The molecule has 1 aromatic carbocycles. The third kappa shape index (κ3) is 5.01. The zero-order valence-corrected chi connectivity index (χ0v) is 15.8. The minimum absolute atomic E-state index is 0.111. The van der Waals surface area contributed by atoms with Crippen LogP contribution in [-0.4, -0.2) is 49.1 Å². The van der Waals surface area contributed by atoms with Crippen molar-refractivity contribution in [3.63, 3.8) is 0 Å². The third-order valence-electron chi connectivity index (χ3n) is 4.58. The van der Waals surface area contributed by atoms with Crippen LogP contribution >= 0.6 is 0 Å². The predicted molar refractivity (Wildman–Crippen MR) is 107 cm³/mol. The average Bonchev–Trinajstić information content (AvgIpc) is 2.77. The quantitative estimate of drug-likeness (QED) is 0.612. The second-order valence-electron chi connectivity index (χ2n) is 6.40. The number of anilines is 1. The molecule has 0 spiro atoms. The summed E-state index contributed by atoms with van der Waals surface area (Å²) in [6.45, 7) is 3.40. The van der Waals surface area contributed by atoms with Crippen molar-refractivity contribution in [1.82, 2.24) is 15.2 Å². The van der Waals surface area contributed by atoms with Crippen molar-refractivity contribution in [3.05, 3.63) is 66.0 Å². The van der Waals surface area contributed by atoms with Gasteiger partial charge >= 0.3 is 0 Å². The molecule has 1 saturated heterocycles. The van der Waals surface area contributed by atoms with E-state index in [4.69, 9.17) is 4.74 Å². The first-order chi connectivity index (χ1) is 13.7. The molecule has 7 nitrogen and oxygen atoms in total. The topological polar surface area (TPSA) is 81.5 Å². The van der Waals surface area contributed by atoms with Gasteiger partial charge in [-0.25, -0.2) is 4.98 Å². The van der Waals surface area contributed by atoms with Gasteiger partial charge < -0.3 is 19.9 Å². The summed E-state index contributed by atoms with van der Waals surface area (Å²) in [6, 6.07) is 15.3. The number of carbonyl (C=O) groups excluding carboxylic acids is 1. The molecule has 0 atom stereocenters. The summed E-state index contributed by atoms with van der Waals surface area (Å²) in [5, 5.41) is 12.2. The Bertz CT molecular complexity index is 851. The summed E-state index contributed by atoms with van der Waals surface area (Å²) in [6.07, 6.45) is 3.43. The fourth-order valence-electron chi connectivity index (χ4n) is 2.96. The van der Waals surface area contributed by atoms with Crippen molar-refractivity contribution < 1.29 is 9.53 Å². The van der Waals surface area contributed by atoms with E-state index in [2.05, 4.69) is 15.2 Å². The summed E-state index contributed by atoms with van der Waals surface area (Å²) < 4.78 is 5.12. The van der Waals surface area contributed by atoms with Gasteiger partial charge in [0.2, 0.25) is 0 Å². The van der Waals surface area contributed by atoms with Gasteiger partial charge in [-0.15, -0.1) is 0 Å². The fourth-order valence-corrected chi connectivity index (χ4v) is 2.96. The summed E-state index contributed by atoms with van der Waals surface area (Å²) in [4.78, 5) is 20.9. The maximum Gasteiger partial charge on any atom is 0.263 e. The number of hydrogen-bond acceptors (Lipinski definition) is 6. The van der Waals surface area contributed by atoms with Crippen LogP contribution in [0.1, 0.15) is 5.56 Å². The Morgan fingerprint density at radius 1 is 1.21 bits per heavy atom. The Morgan fingerprint density at radius 2 is 1.96 bits per heavy atom. The van der Waals surface area contributed by atoms with Crippen LogP contribution in [-0.2, 0) is 11.3 Å². The van der Waals surface area contributed by atoms with Gasteiger partial charge in [-0.2, -0.15) is 5.26 Å². The molecular formula is C21H23N5O2. The van der Waals surface area contributed by atoms with E-state index >= 15 is 0 Å². The van der Waals surface area contributed by atoms with Gasteiger partial charge in [0, 0.05) is 45.1 Å². The Labute approximate surface area is 164 Å². The van der Waals surface area contributed by atoms with Crippen LogP contribution in [0.5, 0.6) is 5.75 Å². The number of hydrogen-bond donors (Lipinski definition) is 1. The van der Waals surface area contributed by atoms with Gasteiger partial charge in [0.25, 0.3) is 5.91 Å². The second-order valence-corrected chi connectivity index (χ2v) is 6.40. The number of nitrogens with zero attached hydrogens (tertiary/aromatic N) is 4. The molecule has 0 unspecified atom stereocenters. The monoisotopic (exact) mass is 377 g/mol. The van der Waals surface area contributed by atoms with Crippen LogP contribution in [0.15, 0.2) is 60.4 Å². The van der Waals surface area contributed by atoms with E-state index in [0.29, 0.717) is 6.54 Å². The molecule has 1 aromatic heterocycles. The number of pyridine rings is 1. The largest absolute Gasteiger partial charge is 0.497 e. The van der Waals surface area contributed by atoms with E-state index in [9.17, 15) is 10.1 Å². The molecule has 1 aliphatic rings. The maximum atomic E-state index is 12.4. The average molecular weight is 377 g/mol. The van der Waals surface area contributed by atoms with E-state index in [-0.39, 0.29) is 11.5 Å². The van der Waals surface area contributed by atoms with Crippen LogP contribution < -0.4 is 15.0 Å². The molecule has 1 fully saturated rings. The van der Waals surface area contributed by atoms with Gasteiger partial charge in [-0.1, -0.05) is 18.2 Å². The highest BCUT2D eigenvalue weighted by Gasteiger charge is 2.18. The molecular weight excluding hydrogens is 354 g/mol. The molecule has 0 radical (unpaired) electrons. The molecule has 144 valence electrons. The first-order valence-electron chi connectivity index (χ1n) is 9.12. The molecule has 7 heteroatoms. The molecule has 0 bridgehead atoms. The summed E-state index contributed by atoms with van der Waals surface area (Å²) in [5.41, 5.74) is 1.05. The van der Waals surface area contributed by atoms with Crippen molar-refractivity contribution in [2.75, 3.05) is 38.2 Å². The lowest BCUT2D eigenvalue weighted by molar-refractivity contribution is -0.117. The first kappa shape index (κ1) is 19.2.